The molecule has 3 rings (SSSR count). The molecule has 2 aromatic carbocycles. The number of aliphatic imine (C=N–C) groups is 2. The lowest BCUT2D eigenvalue weighted by molar-refractivity contribution is 0.399. The summed E-state index contributed by atoms with van der Waals surface area (Å²) in [5, 5.41) is 21.5. The highest BCUT2D eigenvalue weighted by atomic mass is 16.3. The molecular weight excluding hydrogens is 468 g/mol. The number of aromatic hydroxyl groups is 2. The largest absolute Gasteiger partial charge is 0.507 e. The van der Waals surface area contributed by atoms with Crippen molar-refractivity contribution in [2.45, 2.75) is 118 Å². The van der Waals surface area contributed by atoms with Gasteiger partial charge >= 0.3 is 0 Å². The maximum Gasteiger partial charge on any atom is 0.127 e. The summed E-state index contributed by atoms with van der Waals surface area (Å²) in [5.74, 6) is 2.08. The summed E-state index contributed by atoms with van der Waals surface area (Å²) in [4.78, 5) is 9.77. The molecule has 0 amide bonds. The lowest BCUT2D eigenvalue weighted by Gasteiger charge is -2.23. The van der Waals surface area contributed by atoms with Gasteiger partial charge in [0.15, 0.2) is 0 Å². The first kappa shape index (κ1) is 29.9. The number of hydrogen-bond acceptors (Lipinski definition) is 4. The maximum absolute atomic E-state index is 10.7. The van der Waals surface area contributed by atoms with Crippen LogP contribution in [0, 0.1) is 11.8 Å². The Labute approximate surface area is 231 Å². The van der Waals surface area contributed by atoms with E-state index in [0.29, 0.717) is 23.3 Å². The van der Waals surface area contributed by atoms with Crippen LogP contribution in [-0.4, -0.2) is 34.7 Å². The topological polar surface area (TPSA) is 65.2 Å². The van der Waals surface area contributed by atoms with Gasteiger partial charge < -0.3 is 10.2 Å². The third kappa shape index (κ3) is 8.71. The van der Waals surface area contributed by atoms with Gasteiger partial charge in [-0.15, -0.1) is 0 Å². The van der Waals surface area contributed by atoms with Crippen LogP contribution < -0.4 is 0 Å². The Hall–Kier alpha value is -2.62. The first-order chi connectivity index (χ1) is 18.2. The van der Waals surface area contributed by atoms with Gasteiger partial charge in [-0.05, 0) is 110 Å². The second-order valence-electron chi connectivity index (χ2n) is 12.0. The zero-order chi connectivity index (χ0) is 27.7. The van der Waals surface area contributed by atoms with Crippen molar-refractivity contribution < 1.29 is 10.2 Å². The van der Waals surface area contributed by atoms with E-state index in [1.54, 1.807) is 0 Å². The summed E-state index contributed by atoms with van der Waals surface area (Å²) in [5.41, 5.74) is 6.29. The Morgan fingerprint density at radius 1 is 0.684 bits per heavy atom. The van der Waals surface area contributed by atoms with Crippen LogP contribution in [0.15, 0.2) is 34.3 Å². The molecule has 4 heteroatoms. The molecule has 0 aromatic heterocycles. The molecule has 4 nitrogen and oxygen atoms in total. The normalized spacial score (nSPS) is 18.4. The highest BCUT2D eigenvalue weighted by Gasteiger charge is 2.20. The van der Waals surface area contributed by atoms with Crippen LogP contribution in [0.5, 0.6) is 11.5 Å². The molecule has 1 aliphatic rings. The third-order valence-corrected chi connectivity index (χ3v) is 7.85. The summed E-state index contributed by atoms with van der Waals surface area (Å²) in [6.45, 7) is 13.2. The molecule has 0 atom stereocenters. The number of nitrogens with zero attached hydrogens (tertiary/aromatic N) is 2. The van der Waals surface area contributed by atoms with Crippen LogP contribution in [0.2, 0.25) is 0 Å². The minimum Gasteiger partial charge on any atom is -0.507 e. The predicted octanol–water partition coefficient (Wildman–Crippen LogP) is 8.25. The molecule has 0 heterocycles. The maximum atomic E-state index is 10.7. The number of rotatable bonds is 12. The smallest absolute Gasteiger partial charge is 0.127 e. The highest BCUT2D eigenvalue weighted by molar-refractivity contribution is 5.85. The Bertz CT molecular complexity index is 1000. The first-order valence-corrected chi connectivity index (χ1v) is 15.0. The molecule has 0 spiro atoms. The molecule has 0 unspecified atom stereocenters. The number of aryl methyl sites for hydroxylation is 4. The van der Waals surface area contributed by atoms with E-state index in [-0.39, 0.29) is 12.1 Å². The summed E-state index contributed by atoms with van der Waals surface area (Å²) >= 11 is 0. The lowest BCUT2D eigenvalue weighted by atomic mass is 9.91. The highest BCUT2D eigenvalue weighted by Crippen LogP contribution is 2.29. The zero-order valence-electron chi connectivity index (χ0n) is 24.6. The van der Waals surface area contributed by atoms with E-state index in [4.69, 9.17) is 9.98 Å². The number of hydrogen-bond donors (Lipinski definition) is 2. The molecular formula is C34H50N2O2. The van der Waals surface area contributed by atoms with E-state index in [1.165, 1.54) is 11.1 Å². The van der Waals surface area contributed by atoms with Gasteiger partial charge in [-0.25, -0.2) is 0 Å². The van der Waals surface area contributed by atoms with Crippen LogP contribution in [-0.2, 0) is 25.7 Å². The molecule has 0 bridgehead atoms. The second kappa shape index (κ2) is 14.5. The minimum absolute atomic E-state index is 0.268. The predicted molar refractivity (Wildman–Crippen MR) is 163 cm³/mol. The second-order valence-corrected chi connectivity index (χ2v) is 12.0. The first-order valence-electron chi connectivity index (χ1n) is 15.0. The van der Waals surface area contributed by atoms with Gasteiger partial charge in [0.05, 0.1) is 12.1 Å². The van der Waals surface area contributed by atoms with Crippen molar-refractivity contribution in [3.63, 3.8) is 0 Å². The van der Waals surface area contributed by atoms with Crippen LogP contribution in [0.4, 0.5) is 0 Å². The van der Waals surface area contributed by atoms with E-state index in [1.807, 2.05) is 12.4 Å². The summed E-state index contributed by atoms with van der Waals surface area (Å²) in [6.07, 6.45) is 13.8. The van der Waals surface area contributed by atoms with Gasteiger partial charge in [-0.1, -0.05) is 53.7 Å². The van der Waals surface area contributed by atoms with Crippen molar-refractivity contribution in [3.05, 3.63) is 57.6 Å². The van der Waals surface area contributed by atoms with Crippen LogP contribution in [0.3, 0.4) is 0 Å². The SMILES string of the molecule is CCc1cc(CCC(C)C)cc(C=NC2CCC(N=Cc3cc(CCC(C)C)cc(CC)c3O)CC2)c1O. The fourth-order valence-electron chi connectivity index (χ4n) is 5.24. The average molecular weight is 519 g/mol. The standard InChI is InChI=1S/C34H50N2O2/c1-7-27-17-25(11-9-23(3)4)19-29(33(27)37)21-35-31-13-15-32(16-14-31)36-22-30-20-26(12-10-24(5)6)18-28(8-2)34(30)38/h17-24,31-32,37-38H,7-16H2,1-6H3. The van der Waals surface area contributed by atoms with Crippen LogP contribution in [0.1, 0.15) is 113 Å². The third-order valence-electron chi connectivity index (χ3n) is 7.85. The summed E-state index contributed by atoms with van der Waals surface area (Å²) < 4.78 is 0. The van der Waals surface area contributed by atoms with Crippen molar-refractivity contribution in [2.75, 3.05) is 0 Å². The van der Waals surface area contributed by atoms with E-state index in [9.17, 15) is 10.2 Å². The fraction of sp³-hybridized carbons (Fsp3) is 0.588. The summed E-state index contributed by atoms with van der Waals surface area (Å²) in [6, 6.07) is 9.07. The fourth-order valence-corrected chi connectivity index (χ4v) is 5.24. The Morgan fingerprint density at radius 2 is 1.05 bits per heavy atom. The van der Waals surface area contributed by atoms with Crippen LogP contribution >= 0.6 is 0 Å². The van der Waals surface area contributed by atoms with E-state index in [2.05, 4.69) is 65.8 Å². The lowest BCUT2D eigenvalue weighted by Crippen LogP contribution is -2.20. The average Bonchev–Trinajstić information content (AvgIpc) is 2.90. The van der Waals surface area contributed by atoms with E-state index >= 15 is 0 Å². The van der Waals surface area contributed by atoms with E-state index in [0.717, 1.165) is 86.5 Å². The van der Waals surface area contributed by atoms with Crippen molar-refractivity contribution in [2.24, 2.45) is 21.8 Å². The van der Waals surface area contributed by atoms with Gasteiger partial charge in [0.1, 0.15) is 11.5 Å². The Morgan fingerprint density at radius 3 is 1.37 bits per heavy atom. The zero-order valence-corrected chi connectivity index (χ0v) is 24.6. The van der Waals surface area contributed by atoms with Gasteiger partial charge in [-0.2, -0.15) is 0 Å². The van der Waals surface area contributed by atoms with Crippen molar-refractivity contribution >= 4 is 12.4 Å². The molecule has 1 fully saturated rings. The van der Waals surface area contributed by atoms with Crippen molar-refractivity contribution in [1.29, 1.82) is 0 Å². The molecule has 2 aromatic rings. The van der Waals surface area contributed by atoms with Crippen LogP contribution in [0.25, 0.3) is 0 Å². The van der Waals surface area contributed by atoms with Crippen molar-refractivity contribution in [1.82, 2.24) is 0 Å². The number of phenolic OH excluding ortho intramolecular Hbond substituents is 2. The Balaban J connectivity index is 1.63. The van der Waals surface area contributed by atoms with Crippen molar-refractivity contribution in [3.8, 4) is 11.5 Å². The molecule has 208 valence electrons. The number of benzene rings is 2. The molecule has 0 saturated heterocycles. The minimum atomic E-state index is 0.268. The molecule has 1 aliphatic carbocycles. The van der Waals surface area contributed by atoms with Gasteiger partial charge in [0.25, 0.3) is 0 Å². The molecule has 38 heavy (non-hydrogen) atoms. The molecule has 2 N–H and O–H groups in total. The van der Waals surface area contributed by atoms with E-state index < -0.39 is 0 Å². The Kier molecular flexibility index (Phi) is 11.4. The van der Waals surface area contributed by atoms with Gasteiger partial charge in [0, 0.05) is 23.6 Å². The van der Waals surface area contributed by atoms with Gasteiger partial charge in [-0.3, -0.25) is 9.98 Å². The number of phenols is 2. The molecule has 1 saturated carbocycles. The molecule has 0 radical (unpaired) electrons. The quantitative estimate of drug-likeness (QED) is 0.278. The monoisotopic (exact) mass is 518 g/mol. The molecule has 0 aliphatic heterocycles. The summed E-state index contributed by atoms with van der Waals surface area (Å²) in [7, 11) is 0. The van der Waals surface area contributed by atoms with Gasteiger partial charge in [0.2, 0.25) is 0 Å².